The van der Waals surface area contributed by atoms with Gasteiger partial charge in [-0.05, 0) is 36.1 Å². The number of benzene rings is 1. The van der Waals surface area contributed by atoms with Crippen molar-refractivity contribution in [2.45, 2.75) is 32.0 Å². The third-order valence-corrected chi connectivity index (χ3v) is 4.68. The maximum atomic E-state index is 12.4. The average Bonchev–Trinajstić information content (AvgIpc) is 2.89. The average molecular weight is 324 g/mol. The molecule has 5 nitrogen and oxygen atoms in total. The maximum absolute atomic E-state index is 12.4. The first kappa shape index (κ1) is 15.3. The minimum atomic E-state index is -0.767. The monoisotopic (exact) mass is 323 g/mol. The minimum Gasteiger partial charge on any atom is -0.481 e. The molecule has 1 atom stereocenters. The lowest BCUT2D eigenvalue weighted by Crippen LogP contribution is -2.40. The Kier molecular flexibility index (Phi) is 4.36. The van der Waals surface area contributed by atoms with Crippen LogP contribution in [-0.2, 0) is 20.9 Å². The van der Waals surface area contributed by atoms with Crippen molar-refractivity contribution < 1.29 is 19.4 Å². The van der Waals surface area contributed by atoms with Gasteiger partial charge in [-0.3, -0.25) is 9.59 Å². The number of carbonyl (C=O) groups is 2. The SMILES string of the molecule is O=C(O)C1CCN(C(=O)CC2OCc3cc(Cl)ccc32)CC1. The number of carboxylic acid groups (broad SMARTS) is 1. The van der Waals surface area contributed by atoms with E-state index in [1.807, 2.05) is 18.2 Å². The summed E-state index contributed by atoms with van der Waals surface area (Å²) in [5, 5.41) is 9.66. The summed E-state index contributed by atoms with van der Waals surface area (Å²) >= 11 is 5.96. The van der Waals surface area contributed by atoms with E-state index in [1.54, 1.807) is 4.90 Å². The Hall–Kier alpha value is -1.59. The summed E-state index contributed by atoms with van der Waals surface area (Å²) in [6, 6.07) is 5.60. The number of amides is 1. The van der Waals surface area contributed by atoms with E-state index in [9.17, 15) is 9.59 Å². The van der Waals surface area contributed by atoms with E-state index in [4.69, 9.17) is 21.4 Å². The normalized spacial score (nSPS) is 21.7. The number of hydrogen-bond acceptors (Lipinski definition) is 3. The van der Waals surface area contributed by atoms with Crippen LogP contribution in [0.3, 0.4) is 0 Å². The Morgan fingerprint density at radius 1 is 1.32 bits per heavy atom. The molecule has 0 spiro atoms. The number of ether oxygens (including phenoxy) is 1. The molecule has 1 aromatic carbocycles. The van der Waals surface area contributed by atoms with Crippen molar-refractivity contribution in [2.75, 3.05) is 13.1 Å². The van der Waals surface area contributed by atoms with Gasteiger partial charge in [0.15, 0.2) is 0 Å². The van der Waals surface area contributed by atoms with Gasteiger partial charge in [-0.2, -0.15) is 0 Å². The van der Waals surface area contributed by atoms with Crippen molar-refractivity contribution in [3.8, 4) is 0 Å². The van der Waals surface area contributed by atoms with E-state index in [2.05, 4.69) is 0 Å². The first-order valence-corrected chi connectivity index (χ1v) is 7.83. The van der Waals surface area contributed by atoms with Crippen molar-refractivity contribution in [1.29, 1.82) is 0 Å². The number of nitrogens with zero attached hydrogens (tertiary/aromatic N) is 1. The summed E-state index contributed by atoms with van der Waals surface area (Å²) < 4.78 is 5.70. The number of hydrogen-bond donors (Lipinski definition) is 1. The molecule has 3 rings (SSSR count). The van der Waals surface area contributed by atoms with E-state index in [-0.39, 0.29) is 17.9 Å². The highest BCUT2D eigenvalue weighted by molar-refractivity contribution is 6.30. The zero-order valence-corrected chi connectivity index (χ0v) is 12.9. The molecule has 6 heteroatoms. The van der Waals surface area contributed by atoms with Crippen LogP contribution < -0.4 is 0 Å². The molecule has 2 aliphatic heterocycles. The van der Waals surface area contributed by atoms with Gasteiger partial charge >= 0.3 is 5.97 Å². The van der Waals surface area contributed by atoms with Crippen LogP contribution in [0.15, 0.2) is 18.2 Å². The molecule has 1 amide bonds. The molecule has 2 heterocycles. The van der Waals surface area contributed by atoms with Gasteiger partial charge in [-0.25, -0.2) is 0 Å². The first-order chi connectivity index (χ1) is 10.5. The van der Waals surface area contributed by atoms with Crippen LogP contribution >= 0.6 is 11.6 Å². The van der Waals surface area contributed by atoms with Crippen LogP contribution in [-0.4, -0.2) is 35.0 Å². The van der Waals surface area contributed by atoms with Crippen LogP contribution in [0, 0.1) is 5.92 Å². The summed E-state index contributed by atoms with van der Waals surface area (Å²) in [5.41, 5.74) is 2.06. The Morgan fingerprint density at radius 2 is 2.05 bits per heavy atom. The molecule has 0 aliphatic carbocycles. The van der Waals surface area contributed by atoms with Gasteiger partial charge in [-0.15, -0.1) is 0 Å². The molecule has 1 saturated heterocycles. The molecule has 118 valence electrons. The second-order valence-corrected chi connectivity index (χ2v) is 6.28. The summed E-state index contributed by atoms with van der Waals surface area (Å²) in [7, 11) is 0. The first-order valence-electron chi connectivity index (χ1n) is 7.45. The Labute approximate surface area is 133 Å². The fourth-order valence-corrected chi connectivity index (χ4v) is 3.32. The van der Waals surface area contributed by atoms with Crippen LogP contribution in [0.4, 0.5) is 0 Å². The molecule has 1 fully saturated rings. The fraction of sp³-hybridized carbons (Fsp3) is 0.500. The van der Waals surface area contributed by atoms with E-state index < -0.39 is 5.97 Å². The predicted molar refractivity (Wildman–Crippen MR) is 80.5 cm³/mol. The van der Waals surface area contributed by atoms with Crippen LogP contribution in [0.2, 0.25) is 5.02 Å². The topological polar surface area (TPSA) is 66.8 Å². The van der Waals surface area contributed by atoms with Gasteiger partial charge in [0.2, 0.25) is 5.91 Å². The van der Waals surface area contributed by atoms with Gasteiger partial charge in [0.1, 0.15) is 0 Å². The van der Waals surface area contributed by atoms with Crippen molar-refractivity contribution in [2.24, 2.45) is 5.92 Å². The molecular formula is C16H18ClNO4. The Bertz CT molecular complexity index is 596. The van der Waals surface area contributed by atoms with Crippen LogP contribution in [0.25, 0.3) is 0 Å². The Morgan fingerprint density at radius 3 is 2.73 bits per heavy atom. The number of fused-ring (bicyclic) bond motifs is 1. The second kappa shape index (κ2) is 6.26. The number of carboxylic acids is 1. The molecule has 22 heavy (non-hydrogen) atoms. The quantitative estimate of drug-likeness (QED) is 0.928. The molecule has 1 unspecified atom stereocenters. The van der Waals surface area contributed by atoms with Gasteiger partial charge < -0.3 is 14.7 Å². The van der Waals surface area contributed by atoms with Crippen molar-refractivity contribution in [3.05, 3.63) is 34.3 Å². The molecule has 1 aromatic rings. The van der Waals surface area contributed by atoms with Gasteiger partial charge in [0, 0.05) is 18.1 Å². The predicted octanol–water partition coefficient (Wildman–Crippen LogP) is 2.62. The van der Waals surface area contributed by atoms with Crippen molar-refractivity contribution in [1.82, 2.24) is 4.90 Å². The molecule has 1 N–H and O–H groups in total. The summed E-state index contributed by atoms with van der Waals surface area (Å²) in [6.07, 6.45) is 1.13. The smallest absolute Gasteiger partial charge is 0.306 e. The Balaban J connectivity index is 1.59. The highest BCUT2D eigenvalue weighted by Crippen LogP contribution is 2.35. The maximum Gasteiger partial charge on any atom is 0.306 e. The van der Waals surface area contributed by atoms with Crippen LogP contribution in [0.5, 0.6) is 0 Å². The van der Waals surface area contributed by atoms with Crippen molar-refractivity contribution in [3.63, 3.8) is 0 Å². The van der Waals surface area contributed by atoms with Gasteiger partial charge in [-0.1, -0.05) is 17.7 Å². The summed E-state index contributed by atoms with van der Waals surface area (Å²) in [5.74, 6) is -1.07. The number of likely N-dealkylation sites (tertiary alicyclic amines) is 1. The highest BCUT2D eigenvalue weighted by Gasteiger charge is 2.31. The largest absolute Gasteiger partial charge is 0.481 e. The lowest BCUT2D eigenvalue weighted by molar-refractivity contribution is -0.146. The lowest BCUT2D eigenvalue weighted by atomic mass is 9.96. The fourth-order valence-electron chi connectivity index (χ4n) is 3.13. The highest BCUT2D eigenvalue weighted by atomic mass is 35.5. The zero-order chi connectivity index (χ0) is 15.7. The summed E-state index contributed by atoms with van der Waals surface area (Å²) in [6.45, 7) is 1.50. The number of halogens is 1. The zero-order valence-electron chi connectivity index (χ0n) is 12.1. The lowest BCUT2D eigenvalue weighted by Gasteiger charge is -2.30. The molecular weight excluding hydrogens is 306 g/mol. The number of piperidine rings is 1. The van der Waals surface area contributed by atoms with E-state index >= 15 is 0 Å². The molecule has 0 bridgehead atoms. The standard InChI is InChI=1S/C16H18ClNO4/c17-12-1-2-13-11(7-12)9-22-14(13)8-15(19)18-5-3-10(4-6-18)16(20)21/h1-2,7,10,14H,3-6,8-9H2,(H,20,21). The van der Waals surface area contributed by atoms with Crippen LogP contribution in [0.1, 0.15) is 36.5 Å². The van der Waals surface area contributed by atoms with E-state index in [1.165, 1.54) is 0 Å². The molecule has 0 saturated carbocycles. The second-order valence-electron chi connectivity index (χ2n) is 5.84. The van der Waals surface area contributed by atoms with E-state index in [0.29, 0.717) is 44.0 Å². The molecule has 2 aliphatic rings. The number of rotatable bonds is 3. The third-order valence-electron chi connectivity index (χ3n) is 4.45. The minimum absolute atomic E-state index is 0.0247. The molecule has 0 radical (unpaired) electrons. The number of carbonyl (C=O) groups excluding carboxylic acids is 1. The third kappa shape index (κ3) is 3.10. The van der Waals surface area contributed by atoms with Gasteiger partial charge in [0.25, 0.3) is 0 Å². The number of aliphatic carboxylic acids is 1. The van der Waals surface area contributed by atoms with Crippen molar-refractivity contribution >= 4 is 23.5 Å². The van der Waals surface area contributed by atoms with Gasteiger partial charge in [0.05, 0.1) is 25.0 Å². The summed E-state index contributed by atoms with van der Waals surface area (Å²) in [4.78, 5) is 25.1. The molecule has 0 aromatic heterocycles. The van der Waals surface area contributed by atoms with E-state index in [0.717, 1.165) is 11.1 Å².